The number of hydrogen-bond acceptors (Lipinski definition) is 3. The van der Waals surface area contributed by atoms with Crippen LogP contribution in [-0.2, 0) is 4.79 Å². The van der Waals surface area contributed by atoms with Crippen LogP contribution in [0.25, 0.3) is 0 Å². The van der Waals surface area contributed by atoms with Gasteiger partial charge in [-0.15, -0.1) is 11.8 Å². The number of anilines is 1. The van der Waals surface area contributed by atoms with Crippen LogP contribution >= 0.6 is 11.8 Å². The predicted molar refractivity (Wildman–Crippen MR) is 72.5 cm³/mol. The summed E-state index contributed by atoms with van der Waals surface area (Å²) >= 11 is 1.94. The maximum Gasteiger partial charge on any atom is 0.221 e. The first-order valence-electron chi connectivity index (χ1n) is 5.99. The molecule has 0 bridgehead atoms. The van der Waals surface area contributed by atoms with E-state index in [2.05, 4.69) is 22.8 Å². The van der Waals surface area contributed by atoms with E-state index in [0.717, 1.165) is 24.0 Å². The highest BCUT2D eigenvalue weighted by atomic mass is 32.2. The Bertz CT molecular complexity index is 372. The van der Waals surface area contributed by atoms with Crippen molar-refractivity contribution in [2.24, 2.45) is 0 Å². The molecular weight excluding hydrogens is 232 g/mol. The summed E-state index contributed by atoms with van der Waals surface area (Å²) in [6.45, 7) is 3.78. The Morgan fingerprint density at radius 1 is 1.29 bits per heavy atom. The lowest BCUT2D eigenvalue weighted by Gasteiger charge is -2.22. The minimum Gasteiger partial charge on any atom is -0.326 e. The summed E-state index contributed by atoms with van der Waals surface area (Å²) in [6.07, 6.45) is 2.47. The van der Waals surface area contributed by atoms with Crippen LogP contribution in [0, 0.1) is 0 Å². The number of rotatable bonds is 3. The van der Waals surface area contributed by atoms with Crippen molar-refractivity contribution in [3.8, 4) is 0 Å². The number of benzene rings is 1. The fourth-order valence-electron chi connectivity index (χ4n) is 1.93. The summed E-state index contributed by atoms with van der Waals surface area (Å²) in [4.78, 5) is 12.2. The molecule has 1 aromatic carbocycles. The quantitative estimate of drug-likeness (QED) is 0.866. The molecule has 2 rings (SSSR count). The third kappa shape index (κ3) is 4.06. The Hall–Kier alpha value is -1.00. The molecule has 92 valence electrons. The number of nitrogens with one attached hydrogen (secondary N) is 2. The Morgan fingerprint density at radius 2 is 1.94 bits per heavy atom. The SMILES string of the molecule is CC(=O)Nc1ccc(SC2CCNCC2)cc1. The van der Waals surface area contributed by atoms with Crippen LogP contribution in [0.1, 0.15) is 19.8 Å². The number of carbonyl (C=O) groups excluding carboxylic acids is 1. The van der Waals surface area contributed by atoms with E-state index in [1.54, 1.807) is 0 Å². The van der Waals surface area contributed by atoms with Crippen molar-refractivity contribution in [1.29, 1.82) is 0 Å². The first-order valence-corrected chi connectivity index (χ1v) is 6.87. The standard InChI is InChI=1S/C13H18N2OS/c1-10(16)15-11-2-4-12(5-3-11)17-13-6-8-14-9-7-13/h2-5,13-14H,6-9H2,1H3,(H,15,16). The fourth-order valence-corrected chi connectivity index (χ4v) is 3.08. The zero-order valence-electron chi connectivity index (χ0n) is 10.0. The molecule has 0 unspecified atom stereocenters. The van der Waals surface area contributed by atoms with E-state index in [1.165, 1.54) is 24.7 Å². The second-order valence-electron chi connectivity index (χ2n) is 4.27. The minimum absolute atomic E-state index is 0.0243. The molecule has 1 heterocycles. The molecule has 0 radical (unpaired) electrons. The largest absolute Gasteiger partial charge is 0.326 e. The molecule has 1 fully saturated rings. The van der Waals surface area contributed by atoms with Crippen molar-refractivity contribution in [2.75, 3.05) is 18.4 Å². The van der Waals surface area contributed by atoms with Gasteiger partial charge in [0.15, 0.2) is 0 Å². The molecule has 0 spiro atoms. The van der Waals surface area contributed by atoms with E-state index in [9.17, 15) is 4.79 Å². The maximum absolute atomic E-state index is 10.9. The first kappa shape index (κ1) is 12.5. The molecule has 1 aliphatic rings. The van der Waals surface area contributed by atoms with E-state index in [4.69, 9.17) is 0 Å². The number of piperidine rings is 1. The summed E-state index contributed by atoms with van der Waals surface area (Å²) in [5.41, 5.74) is 0.868. The molecule has 0 saturated carbocycles. The Morgan fingerprint density at radius 3 is 2.53 bits per heavy atom. The minimum atomic E-state index is -0.0243. The molecule has 2 N–H and O–H groups in total. The second-order valence-corrected chi connectivity index (χ2v) is 5.65. The van der Waals surface area contributed by atoms with Crippen LogP contribution in [0.15, 0.2) is 29.2 Å². The van der Waals surface area contributed by atoms with Crippen molar-refractivity contribution in [2.45, 2.75) is 29.9 Å². The fraction of sp³-hybridized carbons (Fsp3) is 0.462. The van der Waals surface area contributed by atoms with Gasteiger partial charge < -0.3 is 10.6 Å². The smallest absolute Gasteiger partial charge is 0.221 e. The number of hydrogen-bond donors (Lipinski definition) is 2. The lowest BCUT2D eigenvalue weighted by Crippen LogP contribution is -2.29. The Labute approximate surface area is 106 Å². The molecule has 3 nitrogen and oxygen atoms in total. The third-order valence-electron chi connectivity index (χ3n) is 2.76. The summed E-state index contributed by atoms with van der Waals surface area (Å²) in [6, 6.07) is 8.09. The molecule has 1 aromatic rings. The summed E-state index contributed by atoms with van der Waals surface area (Å²) in [5.74, 6) is -0.0243. The molecule has 17 heavy (non-hydrogen) atoms. The van der Waals surface area contributed by atoms with E-state index in [1.807, 2.05) is 23.9 Å². The Kier molecular flexibility index (Phi) is 4.45. The summed E-state index contributed by atoms with van der Waals surface area (Å²) < 4.78 is 0. The van der Waals surface area contributed by atoms with Gasteiger partial charge in [-0.2, -0.15) is 0 Å². The van der Waals surface area contributed by atoms with Crippen LogP contribution in [0.2, 0.25) is 0 Å². The van der Waals surface area contributed by atoms with Gasteiger partial charge in [-0.3, -0.25) is 4.79 Å². The highest BCUT2D eigenvalue weighted by Gasteiger charge is 2.13. The van der Waals surface area contributed by atoms with Gasteiger partial charge in [-0.25, -0.2) is 0 Å². The van der Waals surface area contributed by atoms with Crippen LogP contribution < -0.4 is 10.6 Å². The lowest BCUT2D eigenvalue weighted by atomic mass is 10.2. The molecule has 1 amide bonds. The summed E-state index contributed by atoms with van der Waals surface area (Å²) in [5, 5.41) is 6.87. The van der Waals surface area contributed by atoms with Crippen molar-refractivity contribution in [1.82, 2.24) is 5.32 Å². The number of thioether (sulfide) groups is 1. The van der Waals surface area contributed by atoms with Gasteiger partial charge in [0, 0.05) is 22.8 Å². The molecule has 0 aromatic heterocycles. The third-order valence-corrected chi connectivity index (χ3v) is 4.11. The van der Waals surface area contributed by atoms with Gasteiger partial charge in [-0.1, -0.05) is 0 Å². The van der Waals surface area contributed by atoms with Gasteiger partial charge in [0.2, 0.25) is 5.91 Å². The first-order chi connectivity index (χ1) is 8.24. The van der Waals surface area contributed by atoms with Gasteiger partial charge in [-0.05, 0) is 50.2 Å². The zero-order valence-corrected chi connectivity index (χ0v) is 10.8. The molecule has 1 aliphatic heterocycles. The van der Waals surface area contributed by atoms with Crippen molar-refractivity contribution < 1.29 is 4.79 Å². The molecule has 4 heteroatoms. The van der Waals surface area contributed by atoms with Crippen LogP contribution in [0.5, 0.6) is 0 Å². The lowest BCUT2D eigenvalue weighted by molar-refractivity contribution is -0.114. The number of carbonyl (C=O) groups is 1. The van der Waals surface area contributed by atoms with Crippen molar-refractivity contribution in [3.63, 3.8) is 0 Å². The molecule has 0 aliphatic carbocycles. The van der Waals surface area contributed by atoms with Crippen molar-refractivity contribution in [3.05, 3.63) is 24.3 Å². The van der Waals surface area contributed by atoms with Crippen LogP contribution in [-0.4, -0.2) is 24.2 Å². The number of amides is 1. The van der Waals surface area contributed by atoms with E-state index in [-0.39, 0.29) is 5.91 Å². The predicted octanol–water partition coefficient (Wildman–Crippen LogP) is 2.49. The molecule has 0 atom stereocenters. The highest BCUT2D eigenvalue weighted by molar-refractivity contribution is 8.00. The van der Waals surface area contributed by atoms with Gasteiger partial charge >= 0.3 is 0 Å². The van der Waals surface area contributed by atoms with E-state index >= 15 is 0 Å². The normalized spacial score (nSPS) is 16.8. The zero-order chi connectivity index (χ0) is 12.1. The second kappa shape index (κ2) is 6.07. The molecular formula is C13H18N2OS. The molecule has 1 saturated heterocycles. The summed E-state index contributed by atoms with van der Waals surface area (Å²) in [7, 11) is 0. The van der Waals surface area contributed by atoms with Gasteiger partial charge in [0.1, 0.15) is 0 Å². The van der Waals surface area contributed by atoms with Crippen LogP contribution in [0.4, 0.5) is 5.69 Å². The maximum atomic E-state index is 10.9. The Balaban J connectivity index is 1.90. The monoisotopic (exact) mass is 250 g/mol. The van der Waals surface area contributed by atoms with Crippen LogP contribution in [0.3, 0.4) is 0 Å². The van der Waals surface area contributed by atoms with E-state index in [0.29, 0.717) is 0 Å². The van der Waals surface area contributed by atoms with Gasteiger partial charge in [0.25, 0.3) is 0 Å². The van der Waals surface area contributed by atoms with E-state index < -0.39 is 0 Å². The van der Waals surface area contributed by atoms with Gasteiger partial charge in [0.05, 0.1) is 0 Å². The topological polar surface area (TPSA) is 41.1 Å². The average Bonchev–Trinajstić information content (AvgIpc) is 2.32. The average molecular weight is 250 g/mol. The van der Waals surface area contributed by atoms with Crippen molar-refractivity contribution >= 4 is 23.4 Å². The highest BCUT2D eigenvalue weighted by Crippen LogP contribution is 2.29.